The average molecular weight is 387 g/mol. The molecule has 0 fully saturated rings. The molecule has 140 valence electrons. The molecule has 9 heteroatoms. The molecule has 1 amide bonds. The lowest BCUT2D eigenvalue weighted by Gasteiger charge is -2.06. The Hall–Kier alpha value is -3.07. The second kappa shape index (κ2) is 8.54. The van der Waals surface area contributed by atoms with Crippen LogP contribution in [0.3, 0.4) is 0 Å². The standard InChI is InChI=1S/C18H18FN5O2S/c1-26-13-8-6-12(7-9-13)10-16-22-23-18(24(16)20)27-11-17(25)21-15-5-3-2-4-14(15)19/h2-9H,10-11,20H2,1H3,(H,21,25). The number of carbonyl (C=O) groups is 1. The van der Waals surface area contributed by atoms with Gasteiger partial charge < -0.3 is 15.9 Å². The number of benzene rings is 2. The number of carbonyl (C=O) groups excluding carboxylic acids is 1. The van der Waals surface area contributed by atoms with Gasteiger partial charge in [-0.15, -0.1) is 10.2 Å². The van der Waals surface area contributed by atoms with Crippen molar-refractivity contribution in [3.63, 3.8) is 0 Å². The van der Waals surface area contributed by atoms with Crippen molar-refractivity contribution in [2.24, 2.45) is 0 Å². The number of nitrogen functional groups attached to an aromatic ring is 1. The van der Waals surface area contributed by atoms with Gasteiger partial charge in [-0.25, -0.2) is 9.07 Å². The number of rotatable bonds is 7. The molecule has 0 bridgehead atoms. The third-order valence-corrected chi connectivity index (χ3v) is 4.68. The number of aromatic nitrogens is 3. The third-order valence-electron chi connectivity index (χ3n) is 3.74. The van der Waals surface area contributed by atoms with Crippen molar-refractivity contribution in [2.45, 2.75) is 11.6 Å². The van der Waals surface area contributed by atoms with Gasteiger partial charge in [0.2, 0.25) is 11.1 Å². The Morgan fingerprint density at radius 2 is 1.96 bits per heavy atom. The Bertz CT molecular complexity index is 930. The van der Waals surface area contributed by atoms with Crippen LogP contribution in [0.15, 0.2) is 53.7 Å². The average Bonchev–Trinajstić information content (AvgIpc) is 3.02. The molecular weight excluding hydrogens is 369 g/mol. The van der Waals surface area contributed by atoms with E-state index in [-0.39, 0.29) is 17.3 Å². The molecule has 0 unspecified atom stereocenters. The van der Waals surface area contributed by atoms with Gasteiger partial charge in [0.25, 0.3) is 0 Å². The smallest absolute Gasteiger partial charge is 0.234 e. The highest BCUT2D eigenvalue weighted by atomic mass is 32.2. The Kier molecular flexibility index (Phi) is 5.92. The molecule has 0 aliphatic carbocycles. The first-order chi connectivity index (χ1) is 13.1. The Morgan fingerprint density at radius 3 is 2.67 bits per heavy atom. The number of amides is 1. The number of hydrogen-bond acceptors (Lipinski definition) is 6. The largest absolute Gasteiger partial charge is 0.497 e. The summed E-state index contributed by atoms with van der Waals surface area (Å²) < 4.78 is 20.0. The molecule has 27 heavy (non-hydrogen) atoms. The minimum Gasteiger partial charge on any atom is -0.497 e. The second-order valence-corrected chi connectivity index (χ2v) is 6.55. The van der Waals surface area contributed by atoms with E-state index in [1.807, 2.05) is 24.3 Å². The fraction of sp³-hybridized carbons (Fsp3) is 0.167. The highest BCUT2D eigenvalue weighted by molar-refractivity contribution is 7.99. The molecule has 1 heterocycles. The van der Waals surface area contributed by atoms with Crippen molar-refractivity contribution in [3.05, 3.63) is 65.7 Å². The van der Waals surface area contributed by atoms with E-state index in [4.69, 9.17) is 10.6 Å². The van der Waals surface area contributed by atoms with Crippen LogP contribution < -0.4 is 15.9 Å². The van der Waals surface area contributed by atoms with Crippen LogP contribution in [0.25, 0.3) is 0 Å². The monoisotopic (exact) mass is 387 g/mol. The molecule has 3 rings (SSSR count). The summed E-state index contributed by atoms with van der Waals surface area (Å²) in [6.45, 7) is 0. The number of anilines is 1. The molecule has 3 N–H and O–H groups in total. The topological polar surface area (TPSA) is 95.1 Å². The van der Waals surface area contributed by atoms with Crippen LogP contribution in [0.4, 0.5) is 10.1 Å². The van der Waals surface area contributed by atoms with Gasteiger partial charge in [0, 0.05) is 6.42 Å². The van der Waals surface area contributed by atoms with Gasteiger partial charge in [0.05, 0.1) is 18.6 Å². The molecule has 0 aliphatic heterocycles. The van der Waals surface area contributed by atoms with Crippen molar-refractivity contribution in [2.75, 3.05) is 24.0 Å². The second-order valence-electron chi connectivity index (χ2n) is 5.61. The lowest BCUT2D eigenvalue weighted by Crippen LogP contribution is -2.17. The summed E-state index contributed by atoms with van der Waals surface area (Å²) in [6, 6.07) is 13.5. The lowest BCUT2D eigenvalue weighted by molar-refractivity contribution is -0.113. The molecule has 0 aliphatic rings. The number of nitrogens with zero attached hydrogens (tertiary/aromatic N) is 3. The van der Waals surface area contributed by atoms with Gasteiger partial charge in [0.1, 0.15) is 11.6 Å². The molecule has 7 nitrogen and oxygen atoms in total. The normalized spacial score (nSPS) is 10.6. The summed E-state index contributed by atoms with van der Waals surface area (Å²) in [7, 11) is 1.61. The van der Waals surface area contributed by atoms with E-state index in [0.717, 1.165) is 23.1 Å². The quantitative estimate of drug-likeness (QED) is 0.478. The molecule has 0 atom stereocenters. The molecule has 1 aromatic heterocycles. The van der Waals surface area contributed by atoms with Gasteiger partial charge in [-0.3, -0.25) is 4.79 Å². The van der Waals surface area contributed by atoms with Gasteiger partial charge >= 0.3 is 0 Å². The zero-order valence-electron chi connectivity index (χ0n) is 14.6. The maximum Gasteiger partial charge on any atom is 0.234 e. The van der Waals surface area contributed by atoms with Gasteiger partial charge in [-0.05, 0) is 29.8 Å². The lowest BCUT2D eigenvalue weighted by atomic mass is 10.1. The van der Waals surface area contributed by atoms with Crippen LogP contribution in [0.2, 0.25) is 0 Å². The zero-order chi connectivity index (χ0) is 19.2. The first-order valence-corrected chi connectivity index (χ1v) is 9.05. The molecule has 3 aromatic rings. The Balaban J connectivity index is 1.58. The van der Waals surface area contributed by atoms with Gasteiger partial charge in [0.15, 0.2) is 5.82 Å². The number of ether oxygens (including phenoxy) is 1. The van der Waals surface area contributed by atoms with Crippen molar-refractivity contribution < 1.29 is 13.9 Å². The van der Waals surface area contributed by atoms with E-state index in [2.05, 4.69) is 15.5 Å². The molecule has 0 saturated heterocycles. The van der Waals surface area contributed by atoms with Crippen LogP contribution in [-0.2, 0) is 11.2 Å². The fourth-order valence-electron chi connectivity index (χ4n) is 2.33. The maximum atomic E-state index is 13.6. The number of hydrogen-bond donors (Lipinski definition) is 2. The molecule has 0 radical (unpaired) electrons. The van der Waals surface area contributed by atoms with Crippen molar-refractivity contribution in [1.29, 1.82) is 0 Å². The van der Waals surface area contributed by atoms with E-state index < -0.39 is 5.82 Å². The summed E-state index contributed by atoms with van der Waals surface area (Å²) in [5, 5.41) is 11.0. The van der Waals surface area contributed by atoms with Crippen LogP contribution >= 0.6 is 11.8 Å². The van der Waals surface area contributed by atoms with Gasteiger partial charge in [-0.1, -0.05) is 36.0 Å². The highest BCUT2D eigenvalue weighted by Gasteiger charge is 2.13. The summed E-state index contributed by atoms with van der Waals surface area (Å²) in [5.74, 6) is 6.55. The van der Waals surface area contributed by atoms with E-state index in [1.54, 1.807) is 19.2 Å². The van der Waals surface area contributed by atoms with Crippen molar-refractivity contribution in [3.8, 4) is 5.75 Å². The SMILES string of the molecule is COc1ccc(Cc2nnc(SCC(=O)Nc3ccccc3F)n2N)cc1. The zero-order valence-corrected chi connectivity index (χ0v) is 15.4. The first kappa shape index (κ1) is 18.7. The Labute approximate surface area is 159 Å². The number of nitrogens with two attached hydrogens (primary N) is 1. The van der Waals surface area contributed by atoms with Gasteiger partial charge in [-0.2, -0.15) is 0 Å². The predicted octanol–water partition coefficient (Wildman–Crippen LogP) is 2.46. The number of thioether (sulfide) groups is 1. The summed E-state index contributed by atoms with van der Waals surface area (Å²) in [4.78, 5) is 12.0. The highest BCUT2D eigenvalue weighted by Crippen LogP contribution is 2.19. The first-order valence-electron chi connectivity index (χ1n) is 8.06. The van der Waals surface area contributed by atoms with E-state index in [1.165, 1.54) is 16.8 Å². The summed E-state index contributed by atoms with van der Waals surface area (Å²) in [5.41, 5.74) is 1.14. The van der Waals surface area contributed by atoms with Crippen LogP contribution in [0.1, 0.15) is 11.4 Å². The molecule has 0 saturated carbocycles. The third kappa shape index (κ3) is 4.76. The van der Waals surface area contributed by atoms with Crippen molar-refractivity contribution >= 4 is 23.4 Å². The van der Waals surface area contributed by atoms with E-state index in [0.29, 0.717) is 17.4 Å². The fourth-order valence-corrected chi connectivity index (χ4v) is 3.01. The summed E-state index contributed by atoms with van der Waals surface area (Å²) >= 11 is 1.13. The minimum absolute atomic E-state index is 0.0339. The van der Waals surface area contributed by atoms with Crippen LogP contribution in [-0.4, -0.2) is 33.6 Å². The van der Waals surface area contributed by atoms with E-state index in [9.17, 15) is 9.18 Å². The summed E-state index contributed by atoms with van der Waals surface area (Å²) in [6.07, 6.45) is 0.496. The predicted molar refractivity (Wildman–Crippen MR) is 102 cm³/mol. The van der Waals surface area contributed by atoms with Crippen LogP contribution in [0.5, 0.6) is 5.75 Å². The number of nitrogens with one attached hydrogen (secondary N) is 1. The molecule has 0 spiro atoms. The number of methoxy groups -OCH3 is 1. The number of para-hydroxylation sites is 1. The number of halogens is 1. The van der Waals surface area contributed by atoms with Crippen LogP contribution in [0, 0.1) is 5.82 Å². The Morgan fingerprint density at radius 1 is 1.22 bits per heavy atom. The minimum atomic E-state index is -0.486. The molecule has 2 aromatic carbocycles. The molecular formula is C18H18FN5O2S. The van der Waals surface area contributed by atoms with Crippen molar-refractivity contribution in [1.82, 2.24) is 14.9 Å². The van der Waals surface area contributed by atoms with E-state index >= 15 is 0 Å². The maximum absolute atomic E-state index is 13.6.